The van der Waals surface area contributed by atoms with Crippen molar-refractivity contribution in [3.63, 3.8) is 0 Å². The number of amides is 1. The van der Waals surface area contributed by atoms with E-state index in [1.54, 1.807) is 12.1 Å². The maximum atomic E-state index is 11.6. The smallest absolute Gasteiger partial charge is 0.326 e. The van der Waals surface area contributed by atoms with Crippen LogP contribution in [0.25, 0.3) is 0 Å². The van der Waals surface area contributed by atoms with Gasteiger partial charge in [0.05, 0.1) is 0 Å². The van der Waals surface area contributed by atoms with E-state index in [4.69, 9.17) is 5.11 Å². The van der Waals surface area contributed by atoms with Crippen LogP contribution < -0.4 is 5.32 Å². The van der Waals surface area contributed by atoms with Gasteiger partial charge in [-0.05, 0) is 18.6 Å². The predicted octanol–water partition coefficient (Wildman–Crippen LogP) is 0.841. The Morgan fingerprint density at radius 1 is 1.56 bits per heavy atom. The first kappa shape index (κ1) is 11.9. The van der Waals surface area contributed by atoms with E-state index in [0.29, 0.717) is 0 Å². The fourth-order valence-electron chi connectivity index (χ4n) is 1.12. The molecule has 0 saturated heterocycles. The molecule has 0 aliphatic carbocycles. The number of nitrogens with one attached hydrogen (secondary N) is 1. The summed E-state index contributed by atoms with van der Waals surface area (Å²) in [5, 5.41) is 11.2. The number of carboxylic acids is 1. The summed E-state index contributed by atoms with van der Waals surface area (Å²) in [6.07, 6.45) is 3.09. The Morgan fingerprint density at radius 3 is 2.81 bits per heavy atom. The molecule has 0 radical (unpaired) electrons. The first-order valence-corrected chi connectivity index (χ1v) is 4.70. The predicted molar refractivity (Wildman–Crippen MR) is 57.9 cm³/mol. The lowest BCUT2D eigenvalue weighted by molar-refractivity contribution is -0.139. The van der Waals surface area contributed by atoms with Crippen molar-refractivity contribution in [2.24, 2.45) is 0 Å². The number of aliphatic carboxylic acids is 1. The molecule has 5 nitrogen and oxygen atoms in total. The van der Waals surface area contributed by atoms with Gasteiger partial charge in [0, 0.05) is 6.20 Å². The largest absolute Gasteiger partial charge is 0.480 e. The lowest BCUT2D eigenvalue weighted by Gasteiger charge is -2.11. The second-order valence-corrected chi connectivity index (χ2v) is 3.10. The van der Waals surface area contributed by atoms with Gasteiger partial charge in [0.25, 0.3) is 5.91 Å². The fraction of sp³-hybridized carbons (Fsp3) is 0.182. The molecule has 0 spiro atoms. The third kappa shape index (κ3) is 3.20. The second-order valence-electron chi connectivity index (χ2n) is 3.10. The quantitative estimate of drug-likeness (QED) is 0.721. The first-order valence-electron chi connectivity index (χ1n) is 4.70. The Bertz CT molecular complexity index is 389. The molecule has 0 fully saturated rings. The number of rotatable bonds is 5. The molecule has 16 heavy (non-hydrogen) atoms. The van der Waals surface area contributed by atoms with Gasteiger partial charge in [-0.15, -0.1) is 6.58 Å². The summed E-state index contributed by atoms with van der Waals surface area (Å²) >= 11 is 0. The standard InChI is InChI=1S/C11H12N2O3/c1-2-5-9(11(15)16)13-10(14)8-6-3-4-7-12-8/h2-4,6-7,9H,1,5H2,(H,13,14)(H,15,16). The average Bonchev–Trinajstić information content (AvgIpc) is 2.29. The van der Waals surface area contributed by atoms with Crippen LogP contribution in [0.5, 0.6) is 0 Å². The molecular weight excluding hydrogens is 208 g/mol. The molecule has 0 bridgehead atoms. The van der Waals surface area contributed by atoms with Gasteiger partial charge in [0.1, 0.15) is 11.7 Å². The number of carbonyl (C=O) groups is 2. The van der Waals surface area contributed by atoms with E-state index in [1.807, 2.05) is 0 Å². The van der Waals surface area contributed by atoms with E-state index in [2.05, 4.69) is 16.9 Å². The molecule has 1 rings (SSSR count). The molecule has 2 N–H and O–H groups in total. The highest BCUT2D eigenvalue weighted by Crippen LogP contribution is 1.98. The minimum atomic E-state index is -1.09. The molecule has 84 valence electrons. The molecule has 1 amide bonds. The van der Waals surface area contributed by atoms with Crippen LogP contribution >= 0.6 is 0 Å². The van der Waals surface area contributed by atoms with Gasteiger partial charge in [-0.2, -0.15) is 0 Å². The van der Waals surface area contributed by atoms with Crippen LogP contribution in [0, 0.1) is 0 Å². The summed E-state index contributed by atoms with van der Waals surface area (Å²) in [6, 6.07) is 3.88. The number of nitrogens with zero attached hydrogens (tertiary/aromatic N) is 1. The van der Waals surface area contributed by atoms with Gasteiger partial charge in [-0.3, -0.25) is 9.78 Å². The van der Waals surface area contributed by atoms with Crippen molar-refractivity contribution in [2.75, 3.05) is 0 Å². The Hall–Kier alpha value is -2.17. The van der Waals surface area contributed by atoms with E-state index in [-0.39, 0.29) is 12.1 Å². The molecule has 1 unspecified atom stereocenters. The Morgan fingerprint density at radius 2 is 2.31 bits per heavy atom. The topological polar surface area (TPSA) is 79.3 Å². The van der Waals surface area contributed by atoms with E-state index in [9.17, 15) is 9.59 Å². The number of hydrogen-bond donors (Lipinski definition) is 2. The number of aromatic nitrogens is 1. The van der Waals surface area contributed by atoms with Crippen molar-refractivity contribution in [1.82, 2.24) is 10.3 Å². The van der Waals surface area contributed by atoms with Crippen LogP contribution in [0.15, 0.2) is 37.1 Å². The molecule has 1 aromatic rings. The molecule has 0 saturated carbocycles. The molecule has 5 heteroatoms. The van der Waals surface area contributed by atoms with E-state index >= 15 is 0 Å². The summed E-state index contributed by atoms with van der Waals surface area (Å²) in [5.74, 6) is -1.60. The second kappa shape index (κ2) is 5.65. The van der Waals surface area contributed by atoms with Gasteiger partial charge >= 0.3 is 5.97 Å². The highest BCUT2D eigenvalue weighted by atomic mass is 16.4. The maximum Gasteiger partial charge on any atom is 0.326 e. The van der Waals surface area contributed by atoms with Gasteiger partial charge in [0.2, 0.25) is 0 Å². The van der Waals surface area contributed by atoms with Crippen molar-refractivity contribution in [2.45, 2.75) is 12.5 Å². The van der Waals surface area contributed by atoms with Crippen molar-refractivity contribution >= 4 is 11.9 Å². The van der Waals surface area contributed by atoms with Gasteiger partial charge < -0.3 is 10.4 Å². The third-order valence-corrected chi connectivity index (χ3v) is 1.90. The molecule has 0 aromatic carbocycles. The third-order valence-electron chi connectivity index (χ3n) is 1.90. The molecule has 0 aliphatic heterocycles. The zero-order valence-electron chi connectivity index (χ0n) is 8.59. The fourth-order valence-corrected chi connectivity index (χ4v) is 1.12. The monoisotopic (exact) mass is 220 g/mol. The lowest BCUT2D eigenvalue weighted by atomic mass is 10.2. The highest BCUT2D eigenvalue weighted by molar-refractivity contribution is 5.94. The number of carboxylic acid groups (broad SMARTS) is 1. The van der Waals surface area contributed by atoms with E-state index < -0.39 is 17.9 Å². The Balaban J connectivity index is 2.69. The van der Waals surface area contributed by atoms with Crippen molar-refractivity contribution < 1.29 is 14.7 Å². The van der Waals surface area contributed by atoms with Crippen LogP contribution in [0.1, 0.15) is 16.9 Å². The number of carbonyl (C=O) groups excluding carboxylic acids is 1. The number of pyridine rings is 1. The summed E-state index contributed by atoms with van der Waals surface area (Å²) in [7, 11) is 0. The summed E-state index contributed by atoms with van der Waals surface area (Å²) in [6.45, 7) is 3.43. The van der Waals surface area contributed by atoms with Crippen LogP contribution in [-0.4, -0.2) is 28.0 Å². The van der Waals surface area contributed by atoms with Crippen LogP contribution in [0.2, 0.25) is 0 Å². The van der Waals surface area contributed by atoms with Crippen molar-refractivity contribution in [1.29, 1.82) is 0 Å². The molecule has 1 heterocycles. The zero-order valence-corrected chi connectivity index (χ0v) is 8.59. The maximum absolute atomic E-state index is 11.6. The van der Waals surface area contributed by atoms with E-state index in [1.165, 1.54) is 18.3 Å². The molecular formula is C11H12N2O3. The van der Waals surface area contributed by atoms with E-state index in [0.717, 1.165) is 0 Å². The zero-order chi connectivity index (χ0) is 12.0. The van der Waals surface area contributed by atoms with Gasteiger partial charge in [0.15, 0.2) is 0 Å². The normalized spacial score (nSPS) is 11.5. The number of hydrogen-bond acceptors (Lipinski definition) is 3. The average molecular weight is 220 g/mol. The van der Waals surface area contributed by atoms with Crippen molar-refractivity contribution in [3.05, 3.63) is 42.7 Å². The highest BCUT2D eigenvalue weighted by Gasteiger charge is 2.19. The van der Waals surface area contributed by atoms with Gasteiger partial charge in [-0.25, -0.2) is 4.79 Å². The summed E-state index contributed by atoms with van der Waals surface area (Å²) < 4.78 is 0. The van der Waals surface area contributed by atoms with Crippen LogP contribution in [0.3, 0.4) is 0 Å². The first-order chi connectivity index (χ1) is 7.65. The molecule has 0 aliphatic rings. The summed E-state index contributed by atoms with van der Waals surface area (Å²) in [5.41, 5.74) is 0.192. The van der Waals surface area contributed by atoms with Gasteiger partial charge in [-0.1, -0.05) is 12.1 Å². The molecule has 1 atom stereocenters. The SMILES string of the molecule is C=CCC(NC(=O)c1ccccn1)C(=O)O. The minimum absolute atomic E-state index is 0.175. The van der Waals surface area contributed by atoms with Crippen molar-refractivity contribution in [3.8, 4) is 0 Å². The minimum Gasteiger partial charge on any atom is -0.480 e. The lowest BCUT2D eigenvalue weighted by Crippen LogP contribution is -2.40. The van der Waals surface area contributed by atoms with Crippen LogP contribution in [-0.2, 0) is 4.79 Å². The van der Waals surface area contributed by atoms with Crippen LogP contribution in [0.4, 0.5) is 0 Å². The molecule has 1 aromatic heterocycles. The Labute approximate surface area is 92.8 Å². The summed E-state index contributed by atoms with van der Waals surface area (Å²) in [4.78, 5) is 26.2. The Kier molecular flexibility index (Phi) is 4.20.